The maximum absolute atomic E-state index is 12.1. The number of nitrogens with zero attached hydrogens (tertiary/aromatic N) is 3. The summed E-state index contributed by atoms with van der Waals surface area (Å²) in [5.74, 6) is 2.78. The molecule has 0 unspecified atom stereocenters. The maximum atomic E-state index is 12.1. The van der Waals surface area contributed by atoms with Gasteiger partial charge in [-0.1, -0.05) is 23.7 Å². The fourth-order valence-electron chi connectivity index (χ4n) is 4.49. The van der Waals surface area contributed by atoms with Crippen LogP contribution in [0, 0.1) is 19.3 Å². The highest BCUT2D eigenvalue weighted by molar-refractivity contribution is 6.33. The Morgan fingerprint density at radius 3 is 2.73 bits per heavy atom. The first-order chi connectivity index (χ1) is 17.9. The Kier molecular flexibility index (Phi) is 8.62. The van der Waals surface area contributed by atoms with E-state index in [0.717, 1.165) is 55.9 Å². The molecule has 2 aromatic carbocycles. The number of aromatic nitrogens is 2. The predicted octanol–water partition coefficient (Wildman–Crippen LogP) is 4.25. The molecule has 192 valence electrons. The summed E-state index contributed by atoms with van der Waals surface area (Å²) in [6, 6.07) is 9.83. The molecule has 3 aromatic rings. The number of carbonyl (C=O) groups excluding carboxylic acids is 1. The summed E-state index contributed by atoms with van der Waals surface area (Å²) in [6.45, 7) is 5.61. The molecule has 4 N–H and O–H groups in total. The van der Waals surface area contributed by atoms with Crippen molar-refractivity contribution >= 4 is 40.6 Å². The van der Waals surface area contributed by atoms with Crippen molar-refractivity contribution in [2.45, 2.75) is 26.2 Å². The lowest BCUT2D eigenvalue weighted by Gasteiger charge is -2.18. The highest BCUT2D eigenvalue weighted by Gasteiger charge is 2.18. The Balaban J connectivity index is 1.57. The van der Waals surface area contributed by atoms with Gasteiger partial charge in [-0.15, -0.1) is 12.3 Å². The number of fused-ring (bicyclic) bond motifs is 1. The van der Waals surface area contributed by atoms with E-state index >= 15 is 0 Å². The zero-order chi connectivity index (χ0) is 26.4. The number of carbonyl (C=O) groups is 1. The van der Waals surface area contributed by atoms with Gasteiger partial charge in [-0.2, -0.15) is 4.98 Å². The third-order valence-electron chi connectivity index (χ3n) is 6.55. The number of hydrogen-bond acceptors (Lipinski definition) is 7. The Morgan fingerprint density at radius 2 is 2.00 bits per heavy atom. The number of anilines is 4. The van der Waals surface area contributed by atoms with Crippen molar-refractivity contribution in [3.05, 3.63) is 69.4 Å². The molecule has 0 atom stereocenters. The molecule has 1 aliphatic rings. The zero-order valence-electron chi connectivity index (χ0n) is 21.1. The van der Waals surface area contributed by atoms with Gasteiger partial charge in [0, 0.05) is 38.9 Å². The Morgan fingerprint density at radius 1 is 1.22 bits per heavy atom. The van der Waals surface area contributed by atoms with Gasteiger partial charge >= 0.3 is 0 Å². The van der Waals surface area contributed by atoms with Crippen LogP contribution in [0.3, 0.4) is 0 Å². The molecule has 37 heavy (non-hydrogen) atoms. The topological polar surface area (TPSA) is 105 Å². The molecule has 4 rings (SSSR count). The molecule has 0 saturated heterocycles. The molecule has 1 amide bonds. The van der Waals surface area contributed by atoms with E-state index in [9.17, 15) is 4.79 Å². The predicted molar refractivity (Wildman–Crippen MR) is 148 cm³/mol. The van der Waals surface area contributed by atoms with Gasteiger partial charge in [0.2, 0.25) is 5.95 Å². The Labute approximate surface area is 222 Å². The third kappa shape index (κ3) is 6.38. The minimum Gasteiger partial charge on any atom is -0.383 e. The van der Waals surface area contributed by atoms with Gasteiger partial charge in [-0.3, -0.25) is 4.79 Å². The van der Waals surface area contributed by atoms with Crippen molar-refractivity contribution in [1.29, 1.82) is 0 Å². The van der Waals surface area contributed by atoms with Crippen LogP contribution in [0.2, 0.25) is 5.02 Å². The Hall–Kier alpha value is -3.64. The molecule has 0 aliphatic carbocycles. The number of hydrogen-bond donors (Lipinski definition) is 3. The zero-order valence-corrected chi connectivity index (χ0v) is 21.9. The van der Waals surface area contributed by atoms with Gasteiger partial charge in [0.15, 0.2) is 5.82 Å². The van der Waals surface area contributed by atoms with E-state index in [2.05, 4.69) is 43.6 Å². The summed E-state index contributed by atoms with van der Waals surface area (Å²) in [7, 11) is 1.73. The lowest BCUT2D eigenvalue weighted by Crippen LogP contribution is -2.29. The van der Waals surface area contributed by atoms with Crippen LogP contribution in [0.15, 0.2) is 36.5 Å². The molecule has 1 aliphatic heterocycles. The number of nitrogens with two attached hydrogens (primary N) is 1. The third-order valence-corrected chi connectivity index (χ3v) is 6.82. The second-order valence-corrected chi connectivity index (χ2v) is 9.39. The van der Waals surface area contributed by atoms with Crippen LogP contribution in [0.25, 0.3) is 0 Å². The smallest absolute Gasteiger partial charge is 0.250 e. The van der Waals surface area contributed by atoms with E-state index in [-0.39, 0.29) is 0 Å². The number of nitrogens with one attached hydrogen (secondary N) is 2. The summed E-state index contributed by atoms with van der Waals surface area (Å²) < 4.78 is 5.23. The van der Waals surface area contributed by atoms with Crippen molar-refractivity contribution in [2.24, 2.45) is 5.73 Å². The largest absolute Gasteiger partial charge is 0.383 e. The first kappa shape index (κ1) is 26.4. The van der Waals surface area contributed by atoms with Crippen LogP contribution in [-0.4, -0.2) is 54.1 Å². The summed E-state index contributed by atoms with van der Waals surface area (Å²) >= 11 is 6.43. The minimum absolute atomic E-state index is 0.298. The number of ether oxygens (including phenoxy) is 1. The van der Waals surface area contributed by atoms with Crippen molar-refractivity contribution < 1.29 is 9.53 Å². The van der Waals surface area contributed by atoms with Crippen LogP contribution in [-0.2, 0) is 24.0 Å². The number of rotatable bonds is 9. The SMILES string of the molecule is C#CCc1c(C)ccc(C(N)=O)c1Nc1nc(Nc2ccc3c(c2)CCN(CCOC)CC3)ncc1Cl. The molecule has 8 nitrogen and oxygen atoms in total. The van der Waals surface area contributed by atoms with E-state index in [0.29, 0.717) is 34.5 Å². The number of aryl methyl sites for hydroxylation is 1. The first-order valence-corrected chi connectivity index (χ1v) is 12.5. The molecule has 0 fully saturated rings. The van der Waals surface area contributed by atoms with Gasteiger partial charge in [0.1, 0.15) is 5.02 Å². The van der Waals surface area contributed by atoms with Crippen LogP contribution < -0.4 is 16.4 Å². The van der Waals surface area contributed by atoms with Gasteiger partial charge in [-0.05, 0) is 60.2 Å². The van der Waals surface area contributed by atoms with Gasteiger partial charge in [-0.25, -0.2) is 4.98 Å². The summed E-state index contributed by atoms with van der Waals surface area (Å²) in [6.07, 6.45) is 9.38. The summed E-state index contributed by atoms with van der Waals surface area (Å²) in [5.41, 5.74) is 11.7. The molecular formula is C28H31ClN6O2. The average Bonchev–Trinajstić information content (AvgIpc) is 3.08. The van der Waals surface area contributed by atoms with Crippen molar-refractivity contribution in [3.8, 4) is 12.3 Å². The quantitative estimate of drug-likeness (QED) is 0.364. The number of primary amides is 1. The fraction of sp³-hybridized carbons (Fsp3) is 0.321. The highest BCUT2D eigenvalue weighted by Crippen LogP contribution is 2.31. The number of terminal acetylenes is 1. The van der Waals surface area contributed by atoms with E-state index in [1.165, 1.54) is 17.3 Å². The number of amides is 1. The maximum Gasteiger partial charge on any atom is 0.250 e. The lowest BCUT2D eigenvalue weighted by atomic mass is 9.98. The minimum atomic E-state index is -0.574. The van der Waals surface area contributed by atoms with E-state index in [1.54, 1.807) is 13.2 Å². The number of benzene rings is 2. The molecular weight excluding hydrogens is 488 g/mol. The normalized spacial score (nSPS) is 13.4. The molecule has 2 heterocycles. The molecule has 0 saturated carbocycles. The number of halogens is 1. The van der Waals surface area contributed by atoms with Gasteiger partial charge in [0.05, 0.1) is 24.1 Å². The van der Waals surface area contributed by atoms with Crippen LogP contribution in [0.5, 0.6) is 0 Å². The first-order valence-electron chi connectivity index (χ1n) is 12.1. The van der Waals surface area contributed by atoms with Crippen LogP contribution >= 0.6 is 11.6 Å². The van der Waals surface area contributed by atoms with Crippen molar-refractivity contribution in [1.82, 2.24) is 14.9 Å². The standard InChI is InChI=1S/C28H31ClN6O2/c1-4-5-22-18(2)6-9-23(26(30)36)25(22)33-27-24(29)17-31-28(34-27)32-21-8-7-19-10-12-35(14-15-37-3)13-11-20(19)16-21/h1,6-9,16-17H,5,10-15H2,2-3H3,(H2,30,36)(H2,31,32,33,34). The molecule has 1 aromatic heterocycles. The summed E-state index contributed by atoms with van der Waals surface area (Å²) in [5, 5.41) is 6.77. The molecule has 9 heteroatoms. The average molecular weight is 519 g/mol. The fourth-order valence-corrected chi connectivity index (χ4v) is 4.62. The van der Waals surface area contributed by atoms with Gasteiger partial charge in [0.25, 0.3) is 5.91 Å². The second kappa shape index (κ2) is 12.1. The van der Waals surface area contributed by atoms with E-state index < -0.39 is 5.91 Å². The summed E-state index contributed by atoms with van der Waals surface area (Å²) in [4.78, 5) is 23.5. The molecule has 0 radical (unpaired) electrons. The monoisotopic (exact) mass is 518 g/mol. The van der Waals surface area contributed by atoms with Crippen molar-refractivity contribution in [3.63, 3.8) is 0 Å². The molecule has 0 bridgehead atoms. The lowest BCUT2D eigenvalue weighted by molar-refractivity contribution is 0.100. The van der Waals surface area contributed by atoms with Crippen molar-refractivity contribution in [2.75, 3.05) is 44.0 Å². The Bertz CT molecular complexity index is 1340. The molecule has 0 spiro atoms. The van der Waals surface area contributed by atoms with Crippen LogP contribution in [0.4, 0.5) is 23.1 Å². The van der Waals surface area contributed by atoms with E-state index in [1.807, 2.05) is 19.1 Å². The van der Waals surface area contributed by atoms with Crippen LogP contribution in [0.1, 0.15) is 32.6 Å². The second-order valence-electron chi connectivity index (χ2n) is 8.99. The van der Waals surface area contributed by atoms with Gasteiger partial charge < -0.3 is 26.0 Å². The highest BCUT2D eigenvalue weighted by atomic mass is 35.5. The van der Waals surface area contributed by atoms with E-state index in [4.69, 9.17) is 28.5 Å². The number of methoxy groups -OCH3 is 1.